The molecule has 19 heavy (non-hydrogen) atoms. The van der Waals surface area contributed by atoms with Gasteiger partial charge in [0, 0.05) is 44.9 Å². The highest BCUT2D eigenvalue weighted by molar-refractivity contribution is 5.97. The largest absolute Gasteiger partial charge is 0.399 e. The molecule has 1 aliphatic rings. The number of amides is 2. The van der Waals surface area contributed by atoms with Crippen LogP contribution in [-0.4, -0.2) is 48.8 Å². The summed E-state index contributed by atoms with van der Waals surface area (Å²) in [5, 5.41) is 0. The van der Waals surface area contributed by atoms with E-state index < -0.39 is 0 Å². The first-order valence-electron chi connectivity index (χ1n) is 6.37. The van der Waals surface area contributed by atoms with Gasteiger partial charge in [0.25, 0.3) is 5.91 Å². The molecule has 5 nitrogen and oxygen atoms in total. The summed E-state index contributed by atoms with van der Waals surface area (Å²) in [6, 6.07) is 5.44. The summed E-state index contributed by atoms with van der Waals surface area (Å²) in [5.41, 5.74) is 8.02. The van der Waals surface area contributed by atoms with Crippen molar-refractivity contribution in [3.63, 3.8) is 0 Å². The number of rotatable bonds is 3. The number of nitrogens with two attached hydrogens (primary N) is 1. The third-order valence-electron chi connectivity index (χ3n) is 3.40. The average Bonchev–Trinajstić information content (AvgIpc) is 2.38. The average molecular weight is 261 g/mol. The fourth-order valence-corrected chi connectivity index (χ4v) is 2.21. The Morgan fingerprint density at radius 3 is 2.84 bits per heavy atom. The van der Waals surface area contributed by atoms with Crippen molar-refractivity contribution in [3.05, 3.63) is 29.3 Å². The highest BCUT2D eigenvalue weighted by Gasteiger charge is 2.24. The number of carbonyl (C=O) groups is 2. The van der Waals surface area contributed by atoms with Gasteiger partial charge in [0.05, 0.1) is 0 Å². The van der Waals surface area contributed by atoms with E-state index in [0.29, 0.717) is 30.8 Å². The van der Waals surface area contributed by atoms with E-state index in [2.05, 4.69) is 0 Å². The molecule has 2 N–H and O–H groups in total. The molecule has 0 aromatic heterocycles. The smallest absolute Gasteiger partial charge is 0.254 e. The van der Waals surface area contributed by atoms with Crippen LogP contribution < -0.4 is 5.73 Å². The van der Waals surface area contributed by atoms with Crippen molar-refractivity contribution >= 4 is 17.5 Å². The molecule has 0 aliphatic carbocycles. The first-order valence-corrected chi connectivity index (χ1v) is 6.37. The number of fused-ring (bicyclic) bond motifs is 1. The number of nitrogen functional groups attached to an aromatic ring is 1. The van der Waals surface area contributed by atoms with E-state index in [1.165, 1.54) is 0 Å². The topological polar surface area (TPSA) is 66.6 Å². The molecule has 0 radical (unpaired) electrons. The Morgan fingerprint density at radius 1 is 1.42 bits per heavy atom. The van der Waals surface area contributed by atoms with Gasteiger partial charge in [-0.1, -0.05) is 6.07 Å². The second-order valence-electron chi connectivity index (χ2n) is 5.00. The first kappa shape index (κ1) is 13.4. The van der Waals surface area contributed by atoms with E-state index in [9.17, 15) is 9.59 Å². The molecular weight excluding hydrogens is 242 g/mol. The van der Waals surface area contributed by atoms with Gasteiger partial charge in [-0.05, 0) is 24.1 Å². The highest BCUT2D eigenvalue weighted by Crippen LogP contribution is 2.21. The van der Waals surface area contributed by atoms with Crippen molar-refractivity contribution < 1.29 is 9.59 Å². The fraction of sp³-hybridized carbons (Fsp3) is 0.429. The van der Waals surface area contributed by atoms with E-state index in [1.807, 2.05) is 12.1 Å². The Bertz CT molecular complexity index is 511. The summed E-state index contributed by atoms with van der Waals surface area (Å²) >= 11 is 0. The van der Waals surface area contributed by atoms with Crippen LogP contribution in [0.15, 0.2) is 18.2 Å². The number of carbonyl (C=O) groups excluding carboxylic acids is 2. The zero-order valence-corrected chi connectivity index (χ0v) is 11.3. The highest BCUT2D eigenvalue weighted by atomic mass is 16.2. The molecule has 0 bridgehead atoms. The van der Waals surface area contributed by atoms with Crippen LogP contribution >= 0.6 is 0 Å². The lowest BCUT2D eigenvalue weighted by molar-refractivity contribution is -0.128. The van der Waals surface area contributed by atoms with Gasteiger partial charge in [0.15, 0.2) is 0 Å². The number of anilines is 1. The van der Waals surface area contributed by atoms with Crippen molar-refractivity contribution in [1.82, 2.24) is 9.80 Å². The van der Waals surface area contributed by atoms with E-state index in [4.69, 9.17) is 5.73 Å². The van der Waals surface area contributed by atoms with Crippen molar-refractivity contribution in [2.24, 2.45) is 0 Å². The fourth-order valence-electron chi connectivity index (χ4n) is 2.21. The Balaban J connectivity index is 2.07. The molecule has 2 rings (SSSR count). The molecule has 0 unspecified atom stereocenters. The molecule has 0 atom stereocenters. The van der Waals surface area contributed by atoms with Crippen LogP contribution in [-0.2, 0) is 11.2 Å². The molecule has 1 aliphatic heterocycles. The second-order valence-corrected chi connectivity index (χ2v) is 5.00. The molecule has 102 valence electrons. The van der Waals surface area contributed by atoms with Crippen LogP contribution in [0, 0.1) is 0 Å². The third-order valence-corrected chi connectivity index (χ3v) is 3.40. The van der Waals surface area contributed by atoms with E-state index in [1.54, 1.807) is 30.0 Å². The Labute approximate surface area is 113 Å². The molecule has 1 aromatic carbocycles. The predicted octanol–water partition coefficient (Wildman–Crippen LogP) is 0.745. The van der Waals surface area contributed by atoms with Gasteiger partial charge in [-0.3, -0.25) is 9.59 Å². The van der Waals surface area contributed by atoms with Gasteiger partial charge in [-0.25, -0.2) is 0 Å². The maximum absolute atomic E-state index is 12.3. The van der Waals surface area contributed by atoms with Gasteiger partial charge in [0.2, 0.25) is 5.91 Å². The lowest BCUT2D eigenvalue weighted by atomic mass is 9.98. The molecule has 1 aromatic rings. The van der Waals surface area contributed by atoms with Crippen LogP contribution in [0.2, 0.25) is 0 Å². The summed E-state index contributed by atoms with van der Waals surface area (Å²) in [5.74, 6) is 0.00581. The van der Waals surface area contributed by atoms with Crippen LogP contribution in [0.5, 0.6) is 0 Å². The SMILES string of the molecule is CN(C)C(=O)CCN1CCc2ccc(N)cc2C1=O. The standard InChI is InChI=1S/C14H19N3O2/c1-16(2)13(18)6-8-17-7-5-10-3-4-11(15)9-12(10)14(17)19/h3-4,9H,5-8,15H2,1-2H3. The normalized spacial score (nSPS) is 14.2. The molecule has 0 saturated heterocycles. The molecule has 0 spiro atoms. The maximum Gasteiger partial charge on any atom is 0.254 e. The second kappa shape index (κ2) is 5.30. The molecule has 0 saturated carbocycles. The number of nitrogens with zero attached hydrogens (tertiary/aromatic N) is 2. The minimum Gasteiger partial charge on any atom is -0.399 e. The number of hydrogen-bond acceptors (Lipinski definition) is 3. The Kier molecular flexibility index (Phi) is 3.74. The van der Waals surface area contributed by atoms with Crippen LogP contribution in [0.25, 0.3) is 0 Å². The van der Waals surface area contributed by atoms with Crippen molar-refractivity contribution in [2.75, 3.05) is 32.9 Å². The quantitative estimate of drug-likeness (QED) is 0.816. The van der Waals surface area contributed by atoms with Crippen LogP contribution in [0.1, 0.15) is 22.3 Å². The lowest BCUT2D eigenvalue weighted by Crippen LogP contribution is -2.39. The van der Waals surface area contributed by atoms with Crippen LogP contribution in [0.4, 0.5) is 5.69 Å². The lowest BCUT2D eigenvalue weighted by Gasteiger charge is -2.29. The van der Waals surface area contributed by atoms with Gasteiger partial charge in [-0.15, -0.1) is 0 Å². The summed E-state index contributed by atoms with van der Waals surface area (Å²) in [6.45, 7) is 1.13. The Morgan fingerprint density at radius 2 is 2.16 bits per heavy atom. The molecular formula is C14H19N3O2. The zero-order chi connectivity index (χ0) is 14.0. The summed E-state index contributed by atoms with van der Waals surface area (Å²) in [7, 11) is 3.44. The van der Waals surface area contributed by atoms with Crippen molar-refractivity contribution in [2.45, 2.75) is 12.8 Å². The number of hydrogen-bond donors (Lipinski definition) is 1. The van der Waals surface area contributed by atoms with Crippen molar-refractivity contribution in [1.29, 1.82) is 0 Å². The van der Waals surface area contributed by atoms with Gasteiger partial charge in [-0.2, -0.15) is 0 Å². The minimum atomic E-state index is -0.0277. The van der Waals surface area contributed by atoms with Gasteiger partial charge >= 0.3 is 0 Å². The van der Waals surface area contributed by atoms with E-state index >= 15 is 0 Å². The van der Waals surface area contributed by atoms with Crippen LogP contribution in [0.3, 0.4) is 0 Å². The first-order chi connectivity index (χ1) is 8.99. The Hall–Kier alpha value is -2.04. The van der Waals surface area contributed by atoms with Crippen molar-refractivity contribution in [3.8, 4) is 0 Å². The minimum absolute atomic E-state index is 0.0277. The molecule has 5 heteroatoms. The monoisotopic (exact) mass is 261 g/mol. The zero-order valence-electron chi connectivity index (χ0n) is 11.3. The summed E-state index contributed by atoms with van der Waals surface area (Å²) in [6.07, 6.45) is 1.17. The maximum atomic E-state index is 12.3. The van der Waals surface area contributed by atoms with E-state index in [-0.39, 0.29) is 11.8 Å². The molecule has 0 fully saturated rings. The summed E-state index contributed by atoms with van der Waals surface area (Å²) in [4.78, 5) is 27.1. The van der Waals surface area contributed by atoms with Gasteiger partial charge in [0.1, 0.15) is 0 Å². The summed E-state index contributed by atoms with van der Waals surface area (Å²) < 4.78 is 0. The van der Waals surface area contributed by atoms with Gasteiger partial charge < -0.3 is 15.5 Å². The molecule has 2 amide bonds. The molecule has 1 heterocycles. The third kappa shape index (κ3) is 2.86. The van der Waals surface area contributed by atoms with E-state index in [0.717, 1.165) is 12.0 Å². The number of benzene rings is 1. The predicted molar refractivity (Wildman–Crippen MR) is 73.8 cm³/mol.